The smallest absolute Gasteiger partial charge is 0.126 e. The Bertz CT molecular complexity index is 543. The first-order valence-corrected chi connectivity index (χ1v) is 6.93. The molecule has 2 nitrogen and oxygen atoms in total. The fraction of sp³-hybridized carbons (Fsp3) is 0.375. The molecule has 0 saturated heterocycles. The Kier molecular flexibility index (Phi) is 4.90. The molecule has 0 fully saturated rings. The van der Waals surface area contributed by atoms with Crippen LogP contribution in [0.2, 0.25) is 0 Å². The normalized spacial score (nSPS) is 12.6. The summed E-state index contributed by atoms with van der Waals surface area (Å²) in [5.41, 5.74) is 1.74. The van der Waals surface area contributed by atoms with E-state index >= 15 is 0 Å². The molecule has 4 heteroatoms. The lowest BCUT2D eigenvalue weighted by Gasteiger charge is -2.17. The van der Waals surface area contributed by atoms with Crippen molar-refractivity contribution in [3.8, 4) is 0 Å². The lowest BCUT2D eigenvalue weighted by molar-refractivity contribution is 0.532. The van der Waals surface area contributed by atoms with E-state index < -0.39 is 11.6 Å². The number of hydrogen-bond acceptors (Lipinski definition) is 1. The molecule has 1 aromatic carbocycles. The maximum Gasteiger partial charge on any atom is 0.126 e. The van der Waals surface area contributed by atoms with Crippen molar-refractivity contribution in [2.75, 3.05) is 6.54 Å². The van der Waals surface area contributed by atoms with Crippen LogP contribution >= 0.6 is 0 Å². The van der Waals surface area contributed by atoms with Gasteiger partial charge in [0.1, 0.15) is 11.6 Å². The van der Waals surface area contributed by atoms with E-state index in [2.05, 4.69) is 19.2 Å². The number of hydrogen-bond donors (Lipinski definition) is 1. The van der Waals surface area contributed by atoms with Gasteiger partial charge in [0.2, 0.25) is 0 Å². The van der Waals surface area contributed by atoms with Gasteiger partial charge in [0.25, 0.3) is 0 Å². The third kappa shape index (κ3) is 3.67. The first-order chi connectivity index (χ1) is 9.60. The van der Waals surface area contributed by atoms with Gasteiger partial charge in [-0.05, 0) is 49.7 Å². The van der Waals surface area contributed by atoms with Crippen molar-refractivity contribution < 1.29 is 8.78 Å². The zero-order chi connectivity index (χ0) is 14.5. The van der Waals surface area contributed by atoms with Crippen LogP contribution < -0.4 is 5.32 Å². The fourth-order valence-electron chi connectivity index (χ4n) is 2.33. The van der Waals surface area contributed by atoms with Gasteiger partial charge in [-0.1, -0.05) is 6.92 Å². The second-order valence-electron chi connectivity index (χ2n) is 5.01. The minimum atomic E-state index is -0.536. The molecule has 2 rings (SSSR count). The summed E-state index contributed by atoms with van der Waals surface area (Å²) >= 11 is 0. The van der Waals surface area contributed by atoms with Crippen LogP contribution in [-0.4, -0.2) is 11.1 Å². The van der Waals surface area contributed by atoms with Crippen LogP contribution in [0, 0.1) is 11.6 Å². The van der Waals surface area contributed by atoms with E-state index in [0.717, 1.165) is 24.7 Å². The average Bonchev–Trinajstić information content (AvgIpc) is 2.82. The Hall–Kier alpha value is -1.68. The van der Waals surface area contributed by atoms with Gasteiger partial charge >= 0.3 is 0 Å². The van der Waals surface area contributed by atoms with Crippen LogP contribution in [0.1, 0.15) is 37.6 Å². The monoisotopic (exact) mass is 278 g/mol. The molecule has 108 valence electrons. The number of halogens is 2. The number of nitrogens with zero attached hydrogens (tertiary/aromatic N) is 1. The molecule has 0 aliphatic heterocycles. The van der Waals surface area contributed by atoms with Crippen molar-refractivity contribution in [1.29, 1.82) is 0 Å². The molecular formula is C16H20F2N2. The number of nitrogens with one attached hydrogen (secondary N) is 1. The third-order valence-corrected chi connectivity index (χ3v) is 3.28. The lowest BCUT2D eigenvalue weighted by Crippen LogP contribution is -2.22. The van der Waals surface area contributed by atoms with Gasteiger partial charge < -0.3 is 9.88 Å². The van der Waals surface area contributed by atoms with E-state index in [9.17, 15) is 8.78 Å². The Morgan fingerprint density at radius 3 is 2.55 bits per heavy atom. The molecular weight excluding hydrogens is 258 g/mol. The summed E-state index contributed by atoms with van der Waals surface area (Å²) in [5.74, 6) is -1.07. The molecule has 1 heterocycles. The molecule has 0 aliphatic carbocycles. The van der Waals surface area contributed by atoms with Crippen molar-refractivity contribution in [3.63, 3.8) is 0 Å². The van der Waals surface area contributed by atoms with Crippen LogP contribution in [0.5, 0.6) is 0 Å². The van der Waals surface area contributed by atoms with E-state index in [1.54, 1.807) is 0 Å². The summed E-state index contributed by atoms with van der Waals surface area (Å²) in [6, 6.07) is 7.83. The molecule has 1 unspecified atom stereocenters. The summed E-state index contributed by atoms with van der Waals surface area (Å²) < 4.78 is 28.5. The highest BCUT2D eigenvalue weighted by Gasteiger charge is 2.10. The summed E-state index contributed by atoms with van der Waals surface area (Å²) in [6.07, 6.45) is 3.00. The van der Waals surface area contributed by atoms with E-state index in [1.165, 1.54) is 12.1 Å². The highest BCUT2D eigenvalue weighted by molar-refractivity contribution is 5.20. The molecule has 0 bridgehead atoms. The van der Waals surface area contributed by atoms with Gasteiger partial charge in [0, 0.05) is 30.5 Å². The quantitative estimate of drug-likeness (QED) is 0.848. The van der Waals surface area contributed by atoms with Gasteiger partial charge in [-0.15, -0.1) is 0 Å². The largest absolute Gasteiger partial charge is 0.346 e. The molecule has 0 radical (unpaired) electrons. The highest BCUT2D eigenvalue weighted by atomic mass is 19.1. The Morgan fingerprint density at radius 1 is 1.20 bits per heavy atom. The fourth-order valence-corrected chi connectivity index (χ4v) is 2.33. The van der Waals surface area contributed by atoms with E-state index in [1.807, 2.05) is 22.9 Å². The summed E-state index contributed by atoms with van der Waals surface area (Å²) in [5, 5.41) is 3.41. The first kappa shape index (κ1) is 14.7. The lowest BCUT2D eigenvalue weighted by atomic mass is 10.2. The second-order valence-corrected chi connectivity index (χ2v) is 5.01. The molecule has 1 N–H and O–H groups in total. The molecule has 0 saturated carbocycles. The highest BCUT2D eigenvalue weighted by Crippen LogP contribution is 2.16. The third-order valence-electron chi connectivity index (χ3n) is 3.28. The zero-order valence-electron chi connectivity index (χ0n) is 11.9. The van der Waals surface area contributed by atoms with Gasteiger partial charge in [-0.25, -0.2) is 8.78 Å². The predicted molar refractivity (Wildman–Crippen MR) is 76.6 cm³/mol. The van der Waals surface area contributed by atoms with Crippen LogP contribution in [-0.2, 0) is 6.54 Å². The van der Waals surface area contributed by atoms with Crippen molar-refractivity contribution >= 4 is 0 Å². The zero-order valence-corrected chi connectivity index (χ0v) is 11.9. The molecule has 20 heavy (non-hydrogen) atoms. The van der Waals surface area contributed by atoms with Gasteiger partial charge in [0.05, 0.1) is 0 Å². The summed E-state index contributed by atoms with van der Waals surface area (Å²) in [4.78, 5) is 0. The topological polar surface area (TPSA) is 17.0 Å². The van der Waals surface area contributed by atoms with Crippen LogP contribution in [0.15, 0.2) is 36.5 Å². The van der Waals surface area contributed by atoms with Crippen LogP contribution in [0.25, 0.3) is 0 Å². The molecule has 0 amide bonds. The van der Waals surface area contributed by atoms with Gasteiger partial charge in [0.15, 0.2) is 0 Å². The average molecular weight is 278 g/mol. The molecule has 1 aromatic heterocycles. The maximum atomic E-state index is 13.2. The minimum absolute atomic E-state index is 0.211. The van der Waals surface area contributed by atoms with E-state index in [-0.39, 0.29) is 6.04 Å². The molecule has 2 aromatic rings. The van der Waals surface area contributed by atoms with E-state index in [4.69, 9.17) is 0 Å². The minimum Gasteiger partial charge on any atom is -0.346 e. The predicted octanol–water partition coefficient (Wildman–Crippen LogP) is 3.88. The standard InChI is InChI=1S/C16H20F2N2/c1-3-6-19-12(2)16-5-4-7-20(16)11-13-8-14(17)10-15(18)9-13/h4-5,7-10,12,19H,3,6,11H2,1-2H3. The van der Waals surface area contributed by atoms with E-state index in [0.29, 0.717) is 12.1 Å². The summed E-state index contributed by atoms with van der Waals surface area (Å²) in [7, 11) is 0. The van der Waals surface area contributed by atoms with Crippen molar-refractivity contribution in [2.24, 2.45) is 0 Å². The van der Waals surface area contributed by atoms with Crippen molar-refractivity contribution in [2.45, 2.75) is 32.9 Å². The van der Waals surface area contributed by atoms with Crippen molar-refractivity contribution in [3.05, 3.63) is 59.4 Å². The number of rotatable bonds is 6. The first-order valence-electron chi connectivity index (χ1n) is 6.93. The molecule has 0 spiro atoms. The Morgan fingerprint density at radius 2 is 1.90 bits per heavy atom. The number of aromatic nitrogens is 1. The molecule has 0 aliphatic rings. The maximum absolute atomic E-state index is 13.2. The molecule has 1 atom stereocenters. The number of benzene rings is 1. The SMILES string of the molecule is CCCNC(C)c1cccn1Cc1cc(F)cc(F)c1. The van der Waals surface area contributed by atoms with Crippen LogP contribution in [0.3, 0.4) is 0 Å². The van der Waals surface area contributed by atoms with Gasteiger partial charge in [-0.3, -0.25) is 0 Å². The van der Waals surface area contributed by atoms with Crippen molar-refractivity contribution in [1.82, 2.24) is 9.88 Å². The Labute approximate surface area is 118 Å². The Balaban J connectivity index is 2.15. The summed E-state index contributed by atoms with van der Waals surface area (Å²) in [6.45, 7) is 5.62. The second kappa shape index (κ2) is 6.66. The van der Waals surface area contributed by atoms with Crippen LogP contribution in [0.4, 0.5) is 8.78 Å². The van der Waals surface area contributed by atoms with Gasteiger partial charge in [-0.2, -0.15) is 0 Å².